The van der Waals surface area contributed by atoms with Gasteiger partial charge in [0.1, 0.15) is 0 Å². The number of nitrogens with zero attached hydrogens (tertiary/aromatic N) is 1. The van der Waals surface area contributed by atoms with E-state index >= 15 is 0 Å². The molecule has 0 saturated carbocycles. The molecule has 2 amide bonds. The SMILES string of the molecule is CNC(=O)c1ccc(CN(C)C(=O)c2ccc(C(C)(C)C)cc2)cc1. The molecule has 1 N–H and O–H groups in total. The number of hydrogen-bond acceptors (Lipinski definition) is 2. The summed E-state index contributed by atoms with van der Waals surface area (Å²) in [5.41, 5.74) is 3.54. The summed E-state index contributed by atoms with van der Waals surface area (Å²) in [7, 11) is 3.39. The Bertz CT molecular complexity index is 741. The summed E-state index contributed by atoms with van der Waals surface area (Å²) in [5.74, 6) is -0.134. The highest BCUT2D eigenvalue weighted by atomic mass is 16.2. The van der Waals surface area contributed by atoms with E-state index in [1.54, 1.807) is 31.1 Å². The first-order valence-corrected chi connectivity index (χ1v) is 8.39. The third-order valence-corrected chi connectivity index (χ3v) is 4.21. The lowest BCUT2D eigenvalue weighted by Crippen LogP contribution is -2.26. The maximum atomic E-state index is 12.6. The van der Waals surface area contributed by atoms with E-state index in [9.17, 15) is 9.59 Å². The average Bonchev–Trinajstić information content (AvgIpc) is 2.60. The maximum Gasteiger partial charge on any atom is 0.253 e. The number of nitrogens with one attached hydrogen (secondary N) is 1. The van der Waals surface area contributed by atoms with Gasteiger partial charge < -0.3 is 10.2 Å². The molecule has 132 valence electrons. The summed E-state index contributed by atoms with van der Waals surface area (Å²) >= 11 is 0. The predicted molar refractivity (Wildman–Crippen MR) is 101 cm³/mol. The van der Waals surface area contributed by atoms with Crippen molar-refractivity contribution in [3.63, 3.8) is 0 Å². The van der Waals surface area contributed by atoms with Gasteiger partial charge in [-0.15, -0.1) is 0 Å². The van der Waals surface area contributed by atoms with Crippen molar-refractivity contribution < 1.29 is 9.59 Å². The van der Waals surface area contributed by atoms with Crippen molar-refractivity contribution in [3.8, 4) is 0 Å². The molecule has 0 spiro atoms. The van der Waals surface area contributed by atoms with Crippen LogP contribution in [-0.4, -0.2) is 30.8 Å². The van der Waals surface area contributed by atoms with E-state index in [2.05, 4.69) is 26.1 Å². The van der Waals surface area contributed by atoms with Crippen LogP contribution in [0.2, 0.25) is 0 Å². The molecule has 0 heterocycles. The number of benzene rings is 2. The minimum atomic E-state index is -0.116. The van der Waals surface area contributed by atoms with Gasteiger partial charge in [-0.3, -0.25) is 9.59 Å². The fourth-order valence-corrected chi connectivity index (χ4v) is 2.58. The molecule has 0 aliphatic carbocycles. The van der Waals surface area contributed by atoms with Crippen LogP contribution in [0.15, 0.2) is 48.5 Å². The molecule has 25 heavy (non-hydrogen) atoms. The summed E-state index contributed by atoms with van der Waals surface area (Å²) in [5, 5.41) is 2.59. The van der Waals surface area contributed by atoms with Gasteiger partial charge >= 0.3 is 0 Å². The van der Waals surface area contributed by atoms with Crippen molar-refractivity contribution in [1.82, 2.24) is 10.2 Å². The Labute approximate surface area is 149 Å². The highest BCUT2D eigenvalue weighted by molar-refractivity contribution is 5.94. The van der Waals surface area contributed by atoms with E-state index in [0.717, 1.165) is 5.56 Å². The normalized spacial score (nSPS) is 11.1. The molecule has 0 aliphatic heterocycles. The zero-order chi connectivity index (χ0) is 18.6. The first-order valence-electron chi connectivity index (χ1n) is 8.39. The number of rotatable bonds is 4. The van der Waals surface area contributed by atoms with Crippen molar-refractivity contribution in [3.05, 3.63) is 70.8 Å². The Morgan fingerprint density at radius 1 is 0.920 bits per heavy atom. The van der Waals surface area contributed by atoms with Crippen LogP contribution in [0.1, 0.15) is 52.6 Å². The highest BCUT2D eigenvalue weighted by Gasteiger charge is 2.16. The van der Waals surface area contributed by atoms with Crippen LogP contribution in [0.3, 0.4) is 0 Å². The Morgan fingerprint density at radius 3 is 1.92 bits per heavy atom. The minimum Gasteiger partial charge on any atom is -0.355 e. The molecule has 0 bridgehead atoms. The van der Waals surface area contributed by atoms with E-state index in [4.69, 9.17) is 0 Å². The number of amides is 2. The van der Waals surface area contributed by atoms with Crippen LogP contribution in [-0.2, 0) is 12.0 Å². The fourth-order valence-electron chi connectivity index (χ4n) is 2.58. The van der Waals surface area contributed by atoms with E-state index < -0.39 is 0 Å². The lowest BCUT2D eigenvalue weighted by Gasteiger charge is -2.21. The van der Waals surface area contributed by atoms with Gasteiger partial charge in [-0.1, -0.05) is 45.0 Å². The predicted octanol–water partition coefficient (Wildman–Crippen LogP) is 3.62. The number of hydrogen-bond donors (Lipinski definition) is 1. The average molecular weight is 338 g/mol. The molecule has 0 atom stereocenters. The zero-order valence-corrected chi connectivity index (χ0v) is 15.6. The second kappa shape index (κ2) is 7.51. The molecule has 2 aromatic carbocycles. The van der Waals surface area contributed by atoms with Crippen LogP contribution >= 0.6 is 0 Å². The monoisotopic (exact) mass is 338 g/mol. The quantitative estimate of drug-likeness (QED) is 0.926. The third kappa shape index (κ3) is 4.69. The first-order chi connectivity index (χ1) is 11.7. The van der Waals surface area contributed by atoms with Crippen molar-refractivity contribution in [2.75, 3.05) is 14.1 Å². The van der Waals surface area contributed by atoms with Gasteiger partial charge in [0.2, 0.25) is 0 Å². The molecule has 0 saturated heterocycles. The standard InChI is InChI=1S/C21H26N2O2/c1-21(2,3)18-12-10-17(11-13-18)20(25)23(5)14-15-6-8-16(9-7-15)19(24)22-4/h6-13H,14H2,1-5H3,(H,22,24). The maximum absolute atomic E-state index is 12.6. The van der Waals surface area contributed by atoms with E-state index in [0.29, 0.717) is 17.7 Å². The molecule has 4 heteroatoms. The minimum absolute atomic E-state index is 0.0177. The highest BCUT2D eigenvalue weighted by Crippen LogP contribution is 2.22. The first kappa shape index (κ1) is 18.7. The Balaban J connectivity index is 2.06. The van der Waals surface area contributed by atoms with Crippen LogP contribution in [0, 0.1) is 0 Å². The smallest absolute Gasteiger partial charge is 0.253 e. The van der Waals surface area contributed by atoms with Gasteiger partial charge in [0, 0.05) is 31.8 Å². The third-order valence-electron chi connectivity index (χ3n) is 4.21. The van der Waals surface area contributed by atoms with Gasteiger partial charge in [-0.05, 0) is 40.8 Å². The fraction of sp³-hybridized carbons (Fsp3) is 0.333. The zero-order valence-electron chi connectivity index (χ0n) is 15.6. The second-order valence-corrected chi connectivity index (χ2v) is 7.26. The molecular weight excluding hydrogens is 312 g/mol. The molecule has 2 rings (SSSR count). The largest absolute Gasteiger partial charge is 0.355 e. The van der Waals surface area contributed by atoms with Crippen molar-refractivity contribution >= 4 is 11.8 Å². The van der Waals surface area contributed by atoms with Crippen LogP contribution in [0.4, 0.5) is 0 Å². The molecule has 0 aliphatic rings. The van der Waals surface area contributed by atoms with Gasteiger partial charge in [0.25, 0.3) is 11.8 Å². The molecule has 0 aromatic heterocycles. The summed E-state index contributed by atoms with van der Waals surface area (Å²) < 4.78 is 0. The Hall–Kier alpha value is -2.62. The number of carbonyl (C=O) groups is 2. The number of carbonyl (C=O) groups excluding carboxylic acids is 2. The Morgan fingerprint density at radius 2 is 1.44 bits per heavy atom. The molecule has 0 radical (unpaired) electrons. The Kier molecular flexibility index (Phi) is 5.62. The molecule has 2 aromatic rings. The van der Waals surface area contributed by atoms with E-state index in [-0.39, 0.29) is 17.2 Å². The molecule has 0 unspecified atom stereocenters. The van der Waals surface area contributed by atoms with Gasteiger partial charge in [-0.25, -0.2) is 0 Å². The lowest BCUT2D eigenvalue weighted by atomic mass is 9.86. The van der Waals surface area contributed by atoms with Crippen molar-refractivity contribution in [2.45, 2.75) is 32.7 Å². The van der Waals surface area contributed by atoms with Crippen LogP contribution in [0.25, 0.3) is 0 Å². The van der Waals surface area contributed by atoms with Gasteiger partial charge in [0.15, 0.2) is 0 Å². The molecule has 0 fully saturated rings. The van der Waals surface area contributed by atoms with Gasteiger partial charge in [0.05, 0.1) is 0 Å². The molecular formula is C21H26N2O2. The van der Waals surface area contributed by atoms with Gasteiger partial charge in [-0.2, -0.15) is 0 Å². The van der Waals surface area contributed by atoms with Crippen LogP contribution < -0.4 is 5.32 Å². The summed E-state index contributed by atoms with van der Waals surface area (Å²) in [4.78, 5) is 25.8. The van der Waals surface area contributed by atoms with Crippen molar-refractivity contribution in [1.29, 1.82) is 0 Å². The lowest BCUT2D eigenvalue weighted by molar-refractivity contribution is 0.0784. The topological polar surface area (TPSA) is 49.4 Å². The van der Waals surface area contributed by atoms with E-state index in [1.807, 2.05) is 36.4 Å². The second-order valence-electron chi connectivity index (χ2n) is 7.26. The van der Waals surface area contributed by atoms with E-state index in [1.165, 1.54) is 5.56 Å². The molecule has 4 nitrogen and oxygen atoms in total. The summed E-state index contributed by atoms with van der Waals surface area (Å²) in [6.07, 6.45) is 0. The summed E-state index contributed by atoms with van der Waals surface area (Å²) in [6.45, 7) is 6.95. The van der Waals surface area contributed by atoms with Crippen molar-refractivity contribution in [2.24, 2.45) is 0 Å². The van der Waals surface area contributed by atoms with Crippen LogP contribution in [0.5, 0.6) is 0 Å². The summed E-state index contributed by atoms with van der Waals surface area (Å²) in [6, 6.07) is 15.1.